The lowest BCUT2D eigenvalue weighted by Gasteiger charge is -2.35. The van der Waals surface area contributed by atoms with Gasteiger partial charge in [-0.1, -0.05) is 29.8 Å². The minimum atomic E-state index is 0.500. The summed E-state index contributed by atoms with van der Waals surface area (Å²) >= 11 is 5.53. The lowest BCUT2D eigenvalue weighted by atomic mass is 10.0. The average Bonchev–Trinajstić information content (AvgIpc) is 3.28. The predicted molar refractivity (Wildman–Crippen MR) is 128 cm³/mol. The molecule has 1 aromatic carbocycles. The van der Waals surface area contributed by atoms with Crippen LogP contribution in [0, 0.1) is 6.92 Å². The fourth-order valence-electron chi connectivity index (χ4n) is 4.21. The van der Waals surface area contributed by atoms with E-state index in [-0.39, 0.29) is 0 Å². The van der Waals surface area contributed by atoms with E-state index >= 15 is 0 Å². The molecule has 2 aromatic rings. The molecule has 160 valence electrons. The van der Waals surface area contributed by atoms with E-state index in [2.05, 4.69) is 64.6 Å². The standard InChI is InChI=1S/C23H32N6S/c1-17-8-10-19(11-9-17)16-24-23(30)27-22-25-20(28-12-5-6-13-28)15-21(26-22)29-14-4-3-7-18(29)2/h8-11,15,18H,3-7,12-14,16H2,1-2H3,(H2,24,25,26,27,30). The van der Waals surface area contributed by atoms with E-state index in [1.165, 1.54) is 43.2 Å². The first-order chi connectivity index (χ1) is 14.6. The summed E-state index contributed by atoms with van der Waals surface area (Å²) in [6, 6.07) is 11.1. The zero-order chi connectivity index (χ0) is 20.9. The van der Waals surface area contributed by atoms with Gasteiger partial charge in [-0.05, 0) is 63.7 Å². The number of aromatic nitrogens is 2. The lowest BCUT2D eigenvalue weighted by molar-refractivity contribution is 0.481. The van der Waals surface area contributed by atoms with Gasteiger partial charge in [-0.15, -0.1) is 0 Å². The van der Waals surface area contributed by atoms with Crippen molar-refractivity contribution in [2.24, 2.45) is 0 Å². The largest absolute Gasteiger partial charge is 0.358 e. The van der Waals surface area contributed by atoms with Crippen LogP contribution in [0.3, 0.4) is 0 Å². The molecular weight excluding hydrogens is 392 g/mol. The first kappa shape index (κ1) is 20.8. The van der Waals surface area contributed by atoms with Gasteiger partial charge in [-0.2, -0.15) is 9.97 Å². The van der Waals surface area contributed by atoms with Gasteiger partial charge in [0, 0.05) is 38.3 Å². The van der Waals surface area contributed by atoms with Gasteiger partial charge in [0.2, 0.25) is 5.95 Å². The number of rotatable bonds is 5. The fourth-order valence-corrected chi connectivity index (χ4v) is 4.37. The summed E-state index contributed by atoms with van der Waals surface area (Å²) < 4.78 is 0. The van der Waals surface area contributed by atoms with Gasteiger partial charge >= 0.3 is 0 Å². The second-order valence-electron chi connectivity index (χ2n) is 8.43. The normalized spacial score (nSPS) is 19.1. The molecule has 30 heavy (non-hydrogen) atoms. The summed E-state index contributed by atoms with van der Waals surface area (Å²) in [5, 5.41) is 7.05. The highest BCUT2D eigenvalue weighted by atomic mass is 32.1. The second-order valence-corrected chi connectivity index (χ2v) is 8.84. The average molecular weight is 425 g/mol. The topological polar surface area (TPSA) is 56.3 Å². The molecule has 0 aliphatic carbocycles. The van der Waals surface area contributed by atoms with Gasteiger partial charge in [0.05, 0.1) is 0 Å². The molecule has 4 rings (SSSR count). The van der Waals surface area contributed by atoms with E-state index in [0.29, 0.717) is 23.6 Å². The van der Waals surface area contributed by atoms with Gasteiger partial charge in [-0.25, -0.2) is 0 Å². The Morgan fingerprint density at radius 1 is 1.03 bits per heavy atom. The van der Waals surface area contributed by atoms with Gasteiger partial charge in [-0.3, -0.25) is 0 Å². The highest BCUT2D eigenvalue weighted by molar-refractivity contribution is 7.80. The van der Waals surface area contributed by atoms with Crippen LogP contribution >= 0.6 is 12.2 Å². The third-order valence-electron chi connectivity index (χ3n) is 6.03. The molecule has 2 N–H and O–H groups in total. The van der Waals surface area contributed by atoms with Crippen molar-refractivity contribution in [3.8, 4) is 0 Å². The first-order valence-electron chi connectivity index (χ1n) is 11.1. The van der Waals surface area contributed by atoms with Crippen LogP contribution in [0.25, 0.3) is 0 Å². The maximum Gasteiger partial charge on any atom is 0.232 e. The van der Waals surface area contributed by atoms with Gasteiger partial charge < -0.3 is 20.4 Å². The molecule has 2 aliphatic rings. The Bertz CT molecular complexity index is 862. The molecular formula is C23H32N6S. The molecule has 3 heterocycles. The SMILES string of the molecule is Cc1ccc(CNC(=S)Nc2nc(N3CCCC3)cc(N3CCCCC3C)n2)cc1. The Labute approximate surface area is 185 Å². The smallest absolute Gasteiger partial charge is 0.232 e. The number of hydrogen-bond acceptors (Lipinski definition) is 5. The number of piperidine rings is 1. The Hall–Kier alpha value is -2.41. The Balaban J connectivity index is 1.49. The fraction of sp³-hybridized carbons (Fsp3) is 0.522. The summed E-state index contributed by atoms with van der Waals surface area (Å²) in [5.74, 6) is 2.58. The van der Waals surface area contributed by atoms with Crippen molar-refractivity contribution in [3.05, 3.63) is 41.5 Å². The Morgan fingerprint density at radius 2 is 1.73 bits per heavy atom. The van der Waals surface area contributed by atoms with Gasteiger partial charge in [0.25, 0.3) is 0 Å². The molecule has 0 radical (unpaired) electrons. The molecule has 0 bridgehead atoms. The van der Waals surface area contributed by atoms with Crippen molar-refractivity contribution in [2.45, 2.75) is 58.5 Å². The number of nitrogens with one attached hydrogen (secondary N) is 2. The summed E-state index contributed by atoms with van der Waals surface area (Å²) in [6.45, 7) is 8.22. The number of anilines is 3. The van der Waals surface area contributed by atoms with Crippen molar-refractivity contribution in [1.29, 1.82) is 0 Å². The van der Waals surface area contributed by atoms with Crippen LogP contribution < -0.4 is 20.4 Å². The number of aryl methyl sites for hydroxylation is 1. The number of nitrogens with zero attached hydrogens (tertiary/aromatic N) is 4. The van der Waals surface area contributed by atoms with E-state index in [9.17, 15) is 0 Å². The molecule has 2 aliphatic heterocycles. The van der Waals surface area contributed by atoms with Crippen LogP contribution in [0.2, 0.25) is 0 Å². The molecule has 2 saturated heterocycles. The first-order valence-corrected chi connectivity index (χ1v) is 11.5. The van der Waals surface area contributed by atoms with Crippen LogP contribution in [0.5, 0.6) is 0 Å². The second kappa shape index (κ2) is 9.60. The Kier molecular flexibility index (Phi) is 6.67. The molecule has 0 amide bonds. The van der Waals surface area contributed by atoms with Crippen LogP contribution in [0.4, 0.5) is 17.6 Å². The quantitative estimate of drug-likeness (QED) is 0.696. The number of hydrogen-bond donors (Lipinski definition) is 2. The molecule has 1 unspecified atom stereocenters. The molecule has 1 atom stereocenters. The molecule has 1 aromatic heterocycles. The maximum atomic E-state index is 5.53. The van der Waals surface area contributed by atoms with E-state index in [1.807, 2.05) is 0 Å². The summed E-state index contributed by atoms with van der Waals surface area (Å²) in [4.78, 5) is 14.4. The third kappa shape index (κ3) is 5.19. The van der Waals surface area contributed by atoms with Crippen molar-refractivity contribution in [1.82, 2.24) is 15.3 Å². The maximum absolute atomic E-state index is 5.53. The van der Waals surface area contributed by atoms with E-state index in [4.69, 9.17) is 22.2 Å². The van der Waals surface area contributed by atoms with Crippen LogP contribution in [0.1, 0.15) is 50.2 Å². The monoisotopic (exact) mass is 424 g/mol. The van der Waals surface area contributed by atoms with Crippen LogP contribution in [-0.2, 0) is 6.54 Å². The molecule has 0 spiro atoms. The van der Waals surface area contributed by atoms with E-state index in [0.717, 1.165) is 31.3 Å². The lowest BCUT2D eigenvalue weighted by Crippen LogP contribution is -2.38. The summed E-state index contributed by atoms with van der Waals surface area (Å²) in [5.41, 5.74) is 2.45. The van der Waals surface area contributed by atoms with Crippen LogP contribution in [0.15, 0.2) is 30.3 Å². The summed E-state index contributed by atoms with van der Waals surface area (Å²) in [7, 11) is 0. The van der Waals surface area contributed by atoms with Gasteiger partial charge in [0.1, 0.15) is 11.6 Å². The zero-order valence-electron chi connectivity index (χ0n) is 18.0. The Morgan fingerprint density at radius 3 is 2.47 bits per heavy atom. The van der Waals surface area contributed by atoms with Crippen molar-refractivity contribution < 1.29 is 0 Å². The minimum Gasteiger partial charge on any atom is -0.358 e. The van der Waals surface area contributed by atoms with E-state index < -0.39 is 0 Å². The highest BCUT2D eigenvalue weighted by Crippen LogP contribution is 2.28. The number of thiocarbonyl (C=S) groups is 1. The third-order valence-corrected chi connectivity index (χ3v) is 6.27. The predicted octanol–water partition coefficient (Wildman–Crippen LogP) is 4.25. The zero-order valence-corrected chi connectivity index (χ0v) is 18.8. The molecule has 6 nitrogen and oxygen atoms in total. The minimum absolute atomic E-state index is 0.500. The summed E-state index contributed by atoms with van der Waals surface area (Å²) in [6.07, 6.45) is 6.16. The highest BCUT2D eigenvalue weighted by Gasteiger charge is 2.23. The molecule has 0 saturated carbocycles. The van der Waals surface area contributed by atoms with Crippen molar-refractivity contribution in [3.63, 3.8) is 0 Å². The van der Waals surface area contributed by atoms with E-state index in [1.54, 1.807) is 0 Å². The van der Waals surface area contributed by atoms with Crippen molar-refractivity contribution in [2.75, 3.05) is 34.8 Å². The van der Waals surface area contributed by atoms with Gasteiger partial charge in [0.15, 0.2) is 5.11 Å². The van der Waals surface area contributed by atoms with Crippen LogP contribution in [-0.4, -0.2) is 40.8 Å². The molecule has 7 heteroatoms. The number of benzene rings is 1. The van der Waals surface area contributed by atoms with Crippen molar-refractivity contribution >= 4 is 34.9 Å². The molecule has 2 fully saturated rings.